The summed E-state index contributed by atoms with van der Waals surface area (Å²) in [6, 6.07) is 11.6. The van der Waals surface area contributed by atoms with Gasteiger partial charge in [0, 0.05) is 6.20 Å². The van der Waals surface area contributed by atoms with Gasteiger partial charge in [0.25, 0.3) is 0 Å². The fraction of sp³-hybridized carbons (Fsp3) is 0. The van der Waals surface area contributed by atoms with Crippen molar-refractivity contribution in [3.63, 3.8) is 0 Å². The Morgan fingerprint density at radius 3 is 2.65 bits per heavy atom. The molecular weight excluding hydrogens is 216 g/mol. The molecule has 0 fully saturated rings. The van der Waals surface area contributed by atoms with Gasteiger partial charge < -0.3 is 10.3 Å². The second-order valence-corrected chi connectivity index (χ2v) is 3.61. The quantitative estimate of drug-likeness (QED) is 0.702. The highest BCUT2D eigenvalue weighted by atomic mass is 16.5. The lowest BCUT2D eigenvalue weighted by atomic mass is 10.0. The van der Waals surface area contributed by atoms with Crippen LogP contribution in [-0.4, -0.2) is 15.4 Å². The maximum atomic E-state index is 5.82. The van der Waals surface area contributed by atoms with Gasteiger partial charge in [-0.1, -0.05) is 35.5 Å². The molecule has 84 valence electrons. The molecule has 0 amide bonds. The van der Waals surface area contributed by atoms with Gasteiger partial charge in [-0.05, 0) is 11.6 Å². The van der Waals surface area contributed by atoms with Crippen LogP contribution in [0.2, 0.25) is 0 Å². The molecule has 0 atom stereocenters. The summed E-state index contributed by atoms with van der Waals surface area (Å²) in [6.07, 6.45) is 1.66. The lowest BCUT2D eigenvalue weighted by Gasteiger charge is -2.00. The molecule has 0 saturated carbocycles. The molecule has 2 aromatic heterocycles. The lowest BCUT2D eigenvalue weighted by Crippen LogP contribution is -1.87. The molecule has 0 aliphatic carbocycles. The second-order valence-electron chi connectivity index (χ2n) is 3.61. The van der Waals surface area contributed by atoms with Crippen LogP contribution in [0.25, 0.3) is 22.5 Å². The van der Waals surface area contributed by atoms with Crippen LogP contribution in [0.5, 0.6) is 0 Å². The van der Waals surface area contributed by atoms with E-state index in [2.05, 4.69) is 15.4 Å². The van der Waals surface area contributed by atoms with E-state index in [1.165, 1.54) is 0 Å². The van der Waals surface area contributed by atoms with Crippen molar-refractivity contribution in [3.05, 3.63) is 42.6 Å². The minimum Gasteiger partial charge on any atom is -0.367 e. The molecule has 0 radical (unpaired) electrons. The molecule has 0 spiro atoms. The molecule has 2 heterocycles. The number of hydrogen-bond acceptors (Lipinski definition) is 4. The van der Waals surface area contributed by atoms with E-state index in [1.807, 2.05) is 36.4 Å². The van der Waals surface area contributed by atoms with Crippen LogP contribution in [0.15, 0.2) is 47.1 Å². The first-order valence-electron chi connectivity index (χ1n) is 5.16. The summed E-state index contributed by atoms with van der Waals surface area (Å²) in [5, 5.41) is 10.7. The number of nitrogens with two attached hydrogens (primary N) is 1. The molecule has 0 aliphatic rings. The van der Waals surface area contributed by atoms with Crippen molar-refractivity contribution in [2.75, 3.05) is 5.73 Å². The third kappa shape index (κ3) is 1.57. The van der Waals surface area contributed by atoms with Crippen molar-refractivity contribution in [1.29, 1.82) is 0 Å². The second kappa shape index (κ2) is 3.79. The van der Waals surface area contributed by atoms with E-state index >= 15 is 0 Å². The summed E-state index contributed by atoms with van der Waals surface area (Å²) in [4.78, 5) is 0. The molecule has 0 bridgehead atoms. The van der Waals surface area contributed by atoms with Gasteiger partial charge in [-0.2, -0.15) is 5.10 Å². The molecule has 3 rings (SSSR count). The average molecular weight is 226 g/mol. The molecule has 5 nitrogen and oxygen atoms in total. The number of nitrogens with one attached hydrogen (secondary N) is 1. The van der Waals surface area contributed by atoms with Crippen molar-refractivity contribution in [3.8, 4) is 22.5 Å². The van der Waals surface area contributed by atoms with Gasteiger partial charge >= 0.3 is 0 Å². The van der Waals surface area contributed by atoms with Gasteiger partial charge in [0.05, 0.1) is 11.3 Å². The van der Waals surface area contributed by atoms with Crippen molar-refractivity contribution in [2.45, 2.75) is 0 Å². The lowest BCUT2D eigenvalue weighted by molar-refractivity contribution is 0.439. The van der Waals surface area contributed by atoms with Crippen LogP contribution in [-0.2, 0) is 0 Å². The molecular formula is C12H10N4O. The fourth-order valence-corrected chi connectivity index (χ4v) is 1.76. The zero-order valence-electron chi connectivity index (χ0n) is 8.92. The van der Waals surface area contributed by atoms with Crippen molar-refractivity contribution in [2.24, 2.45) is 0 Å². The predicted molar refractivity (Wildman–Crippen MR) is 63.9 cm³/mol. The normalized spacial score (nSPS) is 10.6. The van der Waals surface area contributed by atoms with E-state index in [-0.39, 0.29) is 0 Å². The molecule has 17 heavy (non-hydrogen) atoms. The van der Waals surface area contributed by atoms with Crippen LogP contribution in [0.4, 0.5) is 5.88 Å². The molecule has 1 aromatic carbocycles. The molecule has 0 saturated heterocycles. The third-order valence-electron chi connectivity index (χ3n) is 2.54. The highest BCUT2D eigenvalue weighted by Crippen LogP contribution is 2.34. The van der Waals surface area contributed by atoms with Crippen LogP contribution in [0, 0.1) is 0 Å². The summed E-state index contributed by atoms with van der Waals surface area (Å²) in [6.45, 7) is 0. The summed E-state index contributed by atoms with van der Waals surface area (Å²) < 4.78 is 5.05. The van der Waals surface area contributed by atoms with E-state index in [9.17, 15) is 0 Å². The number of aromatic nitrogens is 3. The molecule has 3 N–H and O–H groups in total. The Hall–Kier alpha value is -2.56. The monoisotopic (exact) mass is 226 g/mol. The summed E-state index contributed by atoms with van der Waals surface area (Å²) in [5.74, 6) is 0.306. The summed E-state index contributed by atoms with van der Waals surface area (Å²) >= 11 is 0. The largest absolute Gasteiger partial charge is 0.367 e. The van der Waals surface area contributed by atoms with E-state index in [4.69, 9.17) is 10.3 Å². The predicted octanol–water partition coefficient (Wildman–Crippen LogP) is 2.31. The van der Waals surface area contributed by atoms with E-state index < -0.39 is 0 Å². The van der Waals surface area contributed by atoms with Crippen LogP contribution < -0.4 is 5.73 Å². The molecule has 0 aliphatic heterocycles. The first-order valence-corrected chi connectivity index (χ1v) is 5.16. The van der Waals surface area contributed by atoms with Crippen molar-refractivity contribution in [1.82, 2.24) is 15.4 Å². The Morgan fingerprint density at radius 1 is 1.12 bits per heavy atom. The van der Waals surface area contributed by atoms with E-state index in [0.717, 1.165) is 16.8 Å². The Bertz CT molecular complexity index is 613. The minimum absolute atomic E-state index is 0.306. The average Bonchev–Trinajstić information content (AvgIpc) is 2.98. The van der Waals surface area contributed by atoms with E-state index in [1.54, 1.807) is 6.20 Å². The Kier molecular flexibility index (Phi) is 2.15. The Morgan fingerprint density at radius 2 is 1.94 bits per heavy atom. The standard InChI is InChI=1S/C12H10N4O/c13-12-10(8-4-2-1-3-5-8)11(16-17-12)9-6-7-14-15-9/h1-7H,13H2,(H,14,15). The summed E-state index contributed by atoms with van der Waals surface area (Å²) in [7, 11) is 0. The van der Waals surface area contributed by atoms with E-state index in [0.29, 0.717) is 11.6 Å². The summed E-state index contributed by atoms with van der Waals surface area (Å²) in [5.41, 5.74) is 9.03. The van der Waals surface area contributed by atoms with Gasteiger partial charge in [0.1, 0.15) is 5.69 Å². The number of H-pyrrole nitrogens is 1. The van der Waals surface area contributed by atoms with Crippen LogP contribution >= 0.6 is 0 Å². The number of nitrogens with zero attached hydrogens (tertiary/aromatic N) is 2. The number of nitrogen functional groups attached to an aromatic ring is 1. The number of benzene rings is 1. The molecule has 3 aromatic rings. The maximum Gasteiger partial charge on any atom is 0.230 e. The third-order valence-corrected chi connectivity index (χ3v) is 2.54. The fourth-order valence-electron chi connectivity index (χ4n) is 1.76. The molecule has 0 unspecified atom stereocenters. The SMILES string of the molecule is Nc1onc(-c2ccn[nH]2)c1-c1ccccc1. The van der Waals surface area contributed by atoms with Gasteiger partial charge in [-0.25, -0.2) is 0 Å². The smallest absolute Gasteiger partial charge is 0.230 e. The zero-order valence-corrected chi connectivity index (χ0v) is 8.92. The van der Waals surface area contributed by atoms with Crippen LogP contribution in [0.1, 0.15) is 0 Å². The number of aromatic amines is 1. The van der Waals surface area contributed by atoms with Crippen molar-refractivity contribution >= 4 is 5.88 Å². The first kappa shape index (κ1) is 9.65. The van der Waals surface area contributed by atoms with Gasteiger partial charge in [0.15, 0.2) is 0 Å². The maximum absolute atomic E-state index is 5.82. The minimum atomic E-state index is 0.306. The van der Waals surface area contributed by atoms with Crippen molar-refractivity contribution < 1.29 is 4.52 Å². The Labute approximate surface area is 97.2 Å². The van der Waals surface area contributed by atoms with Gasteiger partial charge in [-0.3, -0.25) is 5.10 Å². The highest BCUT2D eigenvalue weighted by molar-refractivity contribution is 5.85. The van der Waals surface area contributed by atoms with Gasteiger partial charge in [0.2, 0.25) is 5.88 Å². The number of anilines is 1. The Balaban J connectivity index is 2.20. The van der Waals surface area contributed by atoms with Gasteiger partial charge in [-0.15, -0.1) is 0 Å². The topological polar surface area (TPSA) is 80.7 Å². The zero-order chi connectivity index (χ0) is 11.7. The highest BCUT2D eigenvalue weighted by Gasteiger charge is 2.17. The first-order chi connectivity index (χ1) is 8.36. The molecule has 5 heteroatoms. The number of hydrogen-bond donors (Lipinski definition) is 2. The van der Waals surface area contributed by atoms with Crippen LogP contribution in [0.3, 0.4) is 0 Å². The number of rotatable bonds is 2.